The molecule has 0 aromatic heterocycles. The van der Waals surface area contributed by atoms with Crippen molar-refractivity contribution in [1.82, 2.24) is 4.90 Å². The normalized spacial score (nSPS) is 21.4. The lowest BCUT2D eigenvalue weighted by atomic mass is 9.75. The molecule has 1 saturated carbocycles. The van der Waals surface area contributed by atoms with Gasteiger partial charge in [-0.3, -0.25) is 9.59 Å². The number of carbonyl (C=O) groups is 2. The third kappa shape index (κ3) is 5.74. The van der Waals surface area contributed by atoms with E-state index in [-0.39, 0.29) is 18.3 Å². The topological polar surface area (TPSA) is 55.8 Å². The maximum atomic E-state index is 13.1. The Morgan fingerprint density at radius 2 is 1.90 bits per heavy atom. The van der Waals surface area contributed by atoms with Gasteiger partial charge in [-0.05, 0) is 48.8 Å². The lowest BCUT2D eigenvalue weighted by molar-refractivity contribution is -0.142. The van der Waals surface area contributed by atoms with Crippen molar-refractivity contribution in [2.45, 2.75) is 64.7 Å². The molecule has 1 aliphatic heterocycles. The Kier molecular flexibility index (Phi) is 7.96. The molecule has 1 saturated heterocycles. The minimum atomic E-state index is -0.235. The summed E-state index contributed by atoms with van der Waals surface area (Å²) in [4.78, 5) is 27.2. The number of hydrogen-bond donors (Lipinski definition) is 0. The highest BCUT2D eigenvalue weighted by Crippen LogP contribution is 2.37. The molecule has 1 heterocycles. The molecule has 3 rings (SSSR count). The molecule has 0 spiro atoms. The predicted molar refractivity (Wildman–Crippen MR) is 113 cm³/mol. The molecule has 1 aromatic rings. The van der Waals surface area contributed by atoms with Crippen molar-refractivity contribution in [1.29, 1.82) is 0 Å². The minimum absolute atomic E-state index is 0.0413. The van der Waals surface area contributed by atoms with Crippen LogP contribution >= 0.6 is 0 Å². The van der Waals surface area contributed by atoms with E-state index in [4.69, 9.17) is 9.47 Å². The van der Waals surface area contributed by atoms with Gasteiger partial charge in [0, 0.05) is 13.1 Å². The highest BCUT2D eigenvalue weighted by atomic mass is 16.5. The van der Waals surface area contributed by atoms with Crippen LogP contribution in [0, 0.1) is 11.8 Å². The highest BCUT2D eigenvalue weighted by Gasteiger charge is 2.33. The summed E-state index contributed by atoms with van der Waals surface area (Å²) < 4.78 is 10.8. The molecule has 29 heavy (non-hydrogen) atoms. The first-order valence-corrected chi connectivity index (χ1v) is 11.2. The zero-order valence-electron chi connectivity index (χ0n) is 18.0. The molecule has 5 nitrogen and oxygen atoms in total. The lowest BCUT2D eigenvalue weighted by Gasteiger charge is -2.41. The second kappa shape index (κ2) is 10.7. The third-order valence-corrected chi connectivity index (χ3v) is 6.43. The van der Waals surface area contributed by atoms with Crippen LogP contribution in [-0.4, -0.2) is 43.6 Å². The average molecular weight is 402 g/mol. The van der Waals surface area contributed by atoms with Crippen molar-refractivity contribution in [2.24, 2.45) is 11.8 Å². The number of amides is 1. The van der Waals surface area contributed by atoms with Crippen LogP contribution in [0.2, 0.25) is 0 Å². The fourth-order valence-electron chi connectivity index (χ4n) is 4.73. The molecular formula is C24H35NO4. The quantitative estimate of drug-likeness (QED) is 0.471. The molecule has 1 aliphatic carbocycles. The number of fused-ring (bicyclic) bond motifs is 1. The summed E-state index contributed by atoms with van der Waals surface area (Å²) in [5.41, 5.74) is 1.40. The molecular weight excluding hydrogens is 366 g/mol. The predicted octanol–water partition coefficient (Wildman–Crippen LogP) is 4.62. The van der Waals surface area contributed by atoms with E-state index in [1.807, 2.05) is 11.0 Å². The van der Waals surface area contributed by atoms with Gasteiger partial charge in [0.2, 0.25) is 0 Å². The number of unbranched alkanes of at least 4 members (excludes halogenated alkanes) is 2. The van der Waals surface area contributed by atoms with E-state index in [0.29, 0.717) is 23.8 Å². The first kappa shape index (κ1) is 21.7. The van der Waals surface area contributed by atoms with Crippen LogP contribution in [0.3, 0.4) is 0 Å². The third-order valence-electron chi connectivity index (χ3n) is 6.43. The number of hydrogen-bond acceptors (Lipinski definition) is 4. The monoisotopic (exact) mass is 401 g/mol. The summed E-state index contributed by atoms with van der Waals surface area (Å²) in [5.74, 6) is 1.79. The van der Waals surface area contributed by atoms with Gasteiger partial charge in [-0.2, -0.15) is 0 Å². The number of carbonyl (C=O) groups excluding carboxylic acids is 2. The van der Waals surface area contributed by atoms with Crippen molar-refractivity contribution in [2.75, 3.05) is 26.8 Å². The summed E-state index contributed by atoms with van der Waals surface area (Å²) in [6.45, 7) is 4.28. The SMILES string of the molecule is CCCCCOC(=O)Cc1ccc(C(=O)N2CC[C@@H]3CCCC[C@H]3C2)c(OC)c1. The van der Waals surface area contributed by atoms with Crippen LogP contribution < -0.4 is 4.74 Å². The zero-order chi connectivity index (χ0) is 20.6. The molecule has 0 N–H and O–H groups in total. The Morgan fingerprint density at radius 1 is 1.10 bits per heavy atom. The second-order valence-electron chi connectivity index (χ2n) is 8.48. The number of methoxy groups -OCH3 is 1. The Hall–Kier alpha value is -2.04. The van der Waals surface area contributed by atoms with Crippen molar-refractivity contribution in [3.63, 3.8) is 0 Å². The fraction of sp³-hybridized carbons (Fsp3) is 0.667. The van der Waals surface area contributed by atoms with E-state index in [1.165, 1.54) is 25.7 Å². The van der Waals surface area contributed by atoms with E-state index in [0.717, 1.165) is 50.3 Å². The molecule has 0 radical (unpaired) electrons. The van der Waals surface area contributed by atoms with E-state index >= 15 is 0 Å². The van der Waals surface area contributed by atoms with Gasteiger partial charge in [-0.15, -0.1) is 0 Å². The number of piperidine rings is 1. The summed E-state index contributed by atoms with van der Waals surface area (Å²) in [5, 5.41) is 0. The van der Waals surface area contributed by atoms with Crippen LogP contribution in [0.4, 0.5) is 0 Å². The van der Waals surface area contributed by atoms with E-state index in [1.54, 1.807) is 19.2 Å². The summed E-state index contributed by atoms with van der Waals surface area (Å²) >= 11 is 0. The first-order valence-electron chi connectivity index (χ1n) is 11.2. The molecule has 5 heteroatoms. The van der Waals surface area contributed by atoms with E-state index in [9.17, 15) is 9.59 Å². The van der Waals surface area contributed by atoms with Crippen LogP contribution in [0.5, 0.6) is 5.75 Å². The molecule has 1 amide bonds. The molecule has 2 fully saturated rings. The molecule has 0 bridgehead atoms. The standard InChI is InChI=1S/C24H35NO4/c1-3-4-7-14-29-23(26)16-18-10-11-21(22(15-18)28-2)24(27)25-13-12-19-8-5-6-9-20(19)17-25/h10-11,15,19-20H,3-9,12-14,16-17H2,1-2H3/t19-,20-/m0/s1. The number of nitrogens with zero attached hydrogens (tertiary/aromatic N) is 1. The Labute approximate surface area is 174 Å². The van der Waals surface area contributed by atoms with Gasteiger partial charge in [0.25, 0.3) is 5.91 Å². The molecule has 160 valence electrons. The molecule has 2 aliphatic rings. The van der Waals surface area contributed by atoms with Crippen LogP contribution in [0.1, 0.15) is 74.2 Å². The molecule has 2 atom stereocenters. The number of benzene rings is 1. The van der Waals surface area contributed by atoms with E-state index < -0.39 is 0 Å². The zero-order valence-corrected chi connectivity index (χ0v) is 18.0. The molecule has 0 unspecified atom stereocenters. The lowest BCUT2D eigenvalue weighted by Crippen LogP contribution is -2.44. The Bertz CT molecular complexity index is 702. The van der Waals surface area contributed by atoms with Gasteiger partial charge >= 0.3 is 5.97 Å². The maximum absolute atomic E-state index is 13.1. The minimum Gasteiger partial charge on any atom is -0.496 e. The molecule has 1 aromatic carbocycles. The van der Waals surface area contributed by atoms with Crippen molar-refractivity contribution in [3.8, 4) is 5.75 Å². The summed E-state index contributed by atoms with van der Waals surface area (Å²) in [6, 6.07) is 5.44. The van der Waals surface area contributed by atoms with Crippen molar-refractivity contribution >= 4 is 11.9 Å². The maximum Gasteiger partial charge on any atom is 0.310 e. The van der Waals surface area contributed by atoms with Gasteiger partial charge in [-0.25, -0.2) is 0 Å². The van der Waals surface area contributed by atoms with Gasteiger partial charge in [0.1, 0.15) is 5.75 Å². The Balaban J connectivity index is 1.61. The van der Waals surface area contributed by atoms with Gasteiger partial charge < -0.3 is 14.4 Å². The van der Waals surface area contributed by atoms with Crippen molar-refractivity contribution < 1.29 is 19.1 Å². The number of likely N-dealkylation sites (tertiary alicyclic amines) is 1. The van der Waals surface area contributed by atoms with Crippen LogP contribution in [0.25, 0.3) is 0 Å². The van der Waals surface area contributed by atoms with Gasteiger partial charge in [0.15, 0.2) is 0 Å². The van der Waals surface area contributed by atoms with Crippen LogP contribution in [0.15, 0.2) is 18.2 Å². The summed E-state index contributed by atoms with van der Waals surface area (Å²) in [7, 11) is 1.58. The largest absolute Gasteiger partial charge is 0.496 e. The number of ether oxygens (including phenoxy) is 2. The van der Waals surface area contributed by atoms with E-state index in [2.05, 4.69) is 6.92 Å². The average Bonchev–Trinajstić information content (AvgIpc) is 2.75. The van der Waals surface area contributed by atoms with Gasteiger partial charge in [0.05, 0.1) is 25.7 Å². The van der Waals surface area contributed by atoms with Gasteiger partial charge in [-0.1, -0.05) is 45.1 Å². The summed E-state index contributed by atoms with van der Waals surface area (Å²) in [6.07, 6.45) is 9.56. The fourth-order valence-corrected chi connectivity index (χ4v) is 4.73. The number of esters is 1. The first-order chi connectivity index (χ1) is 14.1. The highest BCUT2D eigenvalue weighted by molar-refractivity contribution is 5.97. The second-order valence-corrected chi connectivity index (χ2v) is 8.48. The van der Waals surface area contributed by atoms with Crippen molar-refractivity contribution in [3.05, 3.63) is 29.3 Å². The smallest absolute Gasteiger partial charge is 0.310 e. The number of rotatable bonds is 8. The Morgan fingerprint density at radius 3 is 2.66 bits per heavy atom. The van der Waals surface area contributed by atoms with Crippen LogP contribution in [-0.2, 0) is 16.0 Å².